The average Bonchev–Trinajstić information content (AvgIpc) is 2.38. The Morgan fingerprint density at radius 2 is 1.90 bits per heavy atom. The summed E-state index contributed by atoms with van der Waals surface area (Å²) in [5.74, 6) is 1.18. The van der Waals surface area contributed by atoms with E-state index in [1.165, 1.54) is 0 Å². The van der Waals surface area contributed by atoms with Gasteiger partial charge in [0, 0.05) is 19.6 Å². The molecule has 2 rings (SSSR count). The van der Waals surface area contributed by atoms with Crippen molar-refractivity contribution >= 4 is 11.9 Å². The lowest BCUT2D eigenvalue weighted by atomic mass is 10.2. The number of aromatic nitrogens is 3. The van der Waals surface area contributed by atoms with E-state index in [2.05, 4.69) is 25.2 Å². The van der Waals surface area contributed by atoms with Crippen molar-refractivity contribution in [1.29, 1.82) is 0 Å². The molecule has 0 bridgehead atoms. The second-order valence-electron chi connectivity index (χ2n) is 5.59. The molecule has 20 heavy (non-hydrogen) atoms. The van der Waals surface area contributed by atoms with Crippen LogP contribution < -0.4 is 15.0 Å². The van der Waals surface area contributed by atoms with Crippen molar-refractivity contribution in [2.45, 2.75) is 33.3 Å². The van der Waals surface area contributed by atoms with Crippen molar-refractivity contribution in [1.82, 2.24) is 15.0 Å². The van der Waals surface area contributed by atoms with E-state index in [1.807, 2.05) is 27.7 Å². The quantitative estimate of drug-likeness (QED) is 0.892. The first kappa shape index (κ1) is 14.8. The Morgan fingerprint density at radius 1 is 1.20 bits per heavy atom. The standard InChI is InChI=1S/C13H23N5O2/c1-5-14-10-15-11(18-6-8-19-9-7-18)17-12(16-10)20-13(2,3)4/h5-9H2,1-4H3,(H,14,15,16,17). The lowest BCUT2D eigenvalue weighted by Gasteiger charge is -2.27. The van der Waals surface area contributed by atoms with E-state index in [9.17, 15) is 0 Å². The van der Waals surface area contributed by atoms with Gasteiger partial charge in [0.25, 0.3) is 0 Å². The van der Waals surface area contributed by atoms with Gasteiger partial charge in [0.15, 0.2) is 0 Å². The molecule has 0 spiro atoms. The molecule has 0 aliphatic carbocycles. The molecule has 7 nitrogen and oxygen atoms in total. The highest BCUT2D eigenvalue weighted by molar-refractivity contribution is 5.38. The number of hydrogen-bond donors (Lipinski definition) is 1. The van der Waals surface area contributed by atoms with E-state index in [1.54, 1.807) is 0 Å². The van der Waals surface area contributed by atoms with Gasteiger partial charge in [-0.25, -0.2) is 0 Å². The largest absolute Gasteiger partial charge is 0.458 e. The van der Waals surface area contributed by atoms with Gasteiger partial charge in [0.2, 0.25) is 11.9 Å². The zero-order valence-electron chi connectivity index (χ0n) is 12.6. The highest BCUT2D eigenvalue weighted by Gasteiger charge is 2.20. The zero-order valence-corrected chi connectivity index (χ0v) is 12.6. The number of nitrogens with zero attached hydrogens (tertiary/aromatic N) is 4. The molecule has 0 atom stereocenters. The highest BCUT2D eigenvalue weighted by atomic mass is 16.5. The molecule has 1 aliphatic rings. The third kappa shape index (κ3) is 4.19. The van der Waals surface area contributed by atoms with Crippen LogP contribution in [-0.4, -0.2) is 53.4 Å². The van der Waals surface area contributed by atoms with E-state index in [0.717, 1.165) is 19.6 Å². The number of morpholine rings is 1. The van der Waals surface area contributed by atoms with Crippen molar-refractivity contribution in [2.24, 2.45) is 0 Å². The normalized spacial score (nSPS) is 16.1. The zero-order chi connectivity index (χ0) is 14.6. The molecule has 7 heteroatoms. The van der Waals surface area contributed by atoms with Crippen LogP contribution in [-0.2, 0) is 4.74 Å². The van der Waals surface area contributed by atoms with Crippen molar-refractivity contribution in [2.75, 3.05) is 43.1 Å². The van der Waals surface area contributed by atoms with Gasteiger partial charge in [-0.3, -0.25) is 0 Å². The fraction of sp³-hybridized carbons (Fsp3) is 0.769. The first-order valence-corrected chi connectivity index (χ1v) is 6.99. The molecule has 0 amide bonds. The number of hydrogen-bond acceptors (Lipinski definition) is 7. The second kappa shape index (κ2) is 6.21. The molecule has 1 fully saturated rings. The smallest absolute Gasteiger partial charge is 0.323 e. The minimum absolute atomic E-state index is 0.340. The van der Waals surface area contributed by atoms with Crippen molar-refractivity contribution in [3.63, 3.8) is 0 Å². The minimum atomic E-state index is -0.340. The topological polar surface area (TPSA) is 72.4 Å². The third-order valence-electron chi connectivity index (χ3n) is 2.63. The van der Waals surface area contributed by atoms with Crippen LogP contribution in [0.15, 0.2) is 0 Å². The summed E-state index contributed by atoms with van der Waals surface area (Å²) in [6.07, 6.45) is 0. The molecular formula is C13H23N5O2. The predicted molar refractivity (Wildman–Crippen MR) is 77.4 cm³/mol. The van der Waals surface area contributed by atoms with Crippen LogP contribution in [0.5, 0.6) is 6.01 Å². The predicted octanol–water partition coefficient (Wildman–Crippen LogP) is 1.32. The van der Waals surface area contributed by atoms with Gasteiger partial charge in [-0.2, -0.15) is 15.0 Å². The van der Waals surface area contributed by atoms with E-state index in [4.69, 9.17) is 9.47 Å². The van der Waals surface area contributed by atoms with Gasteiger partial charge < -0.3 is 19.7 Å². The molecule has 1 saturated heterocycles. The Balaban J connectivity index is 2.25. The summed E-state index contributed by atoms with van der Waals surface area (Å²) in [5, 5.41) is 3.11. The highest BCUT2D eigenvalue weighted by Crippen LogP contribution is 2.19. The van der Waals surface area contributed by atoms with Crippen LogP contribution >= 0.6 is 0 Å². The van der Waals surface area contributed by atoms with Crippen molar-refractivity contribution in [3.8, 4) is 6.01 Å². The molecule has 1 aromatic heterocycles. The number of rotatable bonds is 4. The first-order chi connectivity index (χ1) is 9.48. The molecule has 0 unspecified atom stereocenters. The monoisotopic (exact) mass is 281 g/mol. The summed E-state index contributed by atoms with van der Waals surface area (Å²) in [6.45, 7) is 11.6. The van der Waals surface area contributed by atoms with Crippen LogP contribution in [0.3, 0.4) is 0 Å². The molecule has 0 radical (unpaired) electrons. The van der Waals surface area contributed by atoms with Crippen LogP contribution in [0.25, 0.3) is 0 Å². The number of nitrogens with one attached hydrogen (secondary N) is 1. The average molecular weight is 281 g/mol. The van der Waals surface area contributed by atoms with Gasteiger partial charge in [-0.1, -0.05) is 0 Å². The number of ether oxygens (including phenoxy) is 2. The van der Waals surface area contributed by atoms with E-state index >= 15 is 0 Å². The maximum atomic E-state index is 5.76. The van der Waals surface area contributed by atoms with E-state index < -0.39 is 0 Å². The minimum Gasteiger partial charge on any atom is -0.458 e. The summed E-state index contributed by atoms with van der Waals surface area (Å²) < 4.78 is 11.1. The summed E-state index contributed by atoms with van der Waals surface area (Å²) in [5.41, 5.74) is -0.340. The maximum absolute atomic E-state index is 5.76. The first-order valence-electron chi connectivity index (χ1n) is 6.99. The van der Waals surface area contributed by atoms with E-state index in [0.29, 0.717) is 31.1 Å². The number of anilines is 2. The molecule has 112 valence electrons. The lowest BCUT2D eigenvalue weighted by molar-refractivity contribution is 0.114. The van der Waals surface area contributed by atoms with Gasteiger partial charge >= 0.3 is 6.01 Å². The van der Waals surface area contributed by atoms with Crippen molar-refractivity contribution < 1.29 is 9.47 Å². The fourth-order valence-corrected chi connectivity index (χ4v) is 1.81. The summed E-state index contributed by atoms with van der Waals surface area (Å²) in [4.78, 5) is 15.2. The summed E-state index contributed by atoms with van der Waals surface area (Å²) >= 11 is 0. The second-order valence-corrected chi connectivity index (χ2v) is 5.59. The Hall–Kier alpha value is -1.63. The van der Waals surface area contributed by atoms with Crippen LogP contribution in [0.1, 0.15) is 27.7 Å². The van der Waals surface area contributed by atoms with Gasteiger partial charge in [0.05, 0.1) is 13.2 Å². The molecule has 1 aromatic rings. The lowest BCUT2D eigenvalue weighted by Crippen LogP contribution is -2.37. The van der Waals surface area contributed by atoms with Gasteiger partial charge in [-0.15, -0.1) is 0 Å². The SMILES string of the molecule is CCNc1nc(OC(C)(C)C)nc(N2CCOCC2)n1. The Bertz CT molecular complexity index is 441. The summed E-state index contributed by atoms with van der Waals surface area (Å²) in [7, 11) is 0. The molecular weight excluding hydrogens is 258 g/mol. The van der Waals surface area contributed by atoms with Crippen LogP contribution in [0.2, 0.25) is 0 Å². The maximum Gasteiger partial charge on any atom is 0.323 e. The Morgan fingerprint density at radius 3 is 2.50 bits per heavy atom. The van der Waals surface area contributed by atoms with E-state index in [-0.39, 0.29) is 5.60 Å². The Labute approximate surface area is 119 Å². The van der Waals surface area contributed by atoms with Gasteiger partial charge in [-0.05, 0) is 27.7 Å². The van der Waals surface area contributed by atoms with Gasteiger partial charge in [0.1, 0.15) is 5.60 Å². The summed E-state index contributed by atoms with van der Waals surface area (Å²) in [6, 6.07) is 0.352. The third-order valence-corrected chi connectivity index (χ3v) is 2.63. The van der Waals surface area contributed by atoms with Crippen LogP contribution in [0, 0.1) is 0 Å². The molecule has 0 aromatic carbocycles. The fourth-order valence-electron chi connectivity index (χ4n) is 1.81. The molecule has 0 saturated carbocycles. The molecule has 1 aliphatic heterocycles. The van der Waals surface area contributed by atoms with Crippen molar-refractivity contribution in [3.05, 3.63) is 0 Å². The Kier molecular flexibility index (Phi) is 4.59. The molecule has 1 N–H and O–H groups in total. The van der Waals surface area contributed by atoms with Crippen LogP contribution in [0.4, 0.5) is 11.9 Å². The molecule has 2 heterocycles.